The summed E-state index contributed by atoms with van der Waals surface area (Å²) in [4.78, 5) is 30.5. The van der Waals surface area contributed by atoms with Crippen molar-refractivity contribution in [3.8, 4) is 5.75 Å². The molecule has 2 N–H and O–H groups in total. The van der Waals surface area contributed by atoms with Gasteiger partial charge in [0.05, 0.1) is 18.1 Å². The number of nitrogens with zero attached hydrogens (tertiary/aromatic N) is 2. The van der Waals surface area contributed by atoms with E-state index in [1.807, 2.05) is 59.5 Å². The van der Waals surface area contributed by atoms with E-state index in [1.165, 1.54) is 0 Å². The molecule has 7 nitrogen and oxygen atoms in total. The number of methoxy groups -OCH3 is 1. The second kappa shape index (κ2) is 12.3. The molecule has 2 aliphatic rings. The second-order valence-corrected chi connectivity index (χ2v) is 11.1. The van der Waals surface area contributed by atoms with Crippen LogP contribution in [0.2, 0.25) is 5.02 Å². The van der Waals surface area contributed by atoms with Gasteiger partial charge in [-0.05, 0) is 73.1 Å². The molecule has 1 saturated carbocycles. The Bertz CT molecular complexity index is 1370. The number of carbonyl (C=O) groups excluding carboxylic acids is 2. The van der Waals surface area contributed by atoms with Crippen molar-refractivity contribution < 1.29 is 14.3 Å². The Morgan fingerprint density at radius 1 is 0.925 bits per heavy atom. The number of rotatable bonds is 6. The van der Waals surface area contributed by atoms with Crippen molar-refractivity contribution in [1.29, 1.82) is 0 Å². The molecule has 2 fully saturated rings. The van der Waals surface area contributed by atoms with Crippen LogP contribution in [-0.4, -0.2) is 55.1 Å². The molecule has 208 valence electrons. The lowest BCUT2D eigenvalue weighted by Gasteiger charge is -2.36. The molecule has 0 spiro atoms. The minimum Gasteiger partial charge on any atom is -0.496 e. The molecule has 9 heteroatoms. The quantitative estimate of drug-likeness (QED) is 0.370. The van der Waals surface area contributed by atoms with E-state index in [4.69, 9.17) is 28.6 Å². The molecule has 40 heavy (non-hydrogen) atoms. The lowest BCUT2D eigenvalue weighted by atomic mass is 9.78. The summed E-state index contributed by atoms with van der Waals surface area (Å²) in [6.45, 7) is 2.59. The molecular weight excluding hydrogens is 544 g/mol. The van der Waals surface area contributed by atoms with Crippen LogP contribution in [0.1, 0.15) is 41.6 Å². The Kier molecular flexibility index (Phi) is 8.57. The normalized spacial score (nSPS) is 16.4. The molecule has 0 radical (unpaired) electrons. The second-order valence-electron chi connectivity index (χ2n) is 10.2. The number of halogens is 1. The van der Waals surface area contributed by atoms with Crippen LogP contribution in [0.25, 0.3) is 0 Å². The molecule has 0 unspecified atom stereocenters. The van der Waals surface area contributed by atoms with E-state index in [9.17, 15) is 9.59 Å². The summed E-state index contributed by atoms with van der Waals surface area (Å²) in [7, 11) is 1.55. The van der Waals surface area contributed by atoms with Gasteiger partial charge >= 0.3 is 0 Å². The van der Waals surface area contributed by atoms with Crippen LogP contribution >= 0.6 is 23.8 Å². The highest BCUT2D eigenvalue weighted by Gasteiger charge is 2.42. The van der Waals surface area contributed by atoms with Crippen LogP contribution in [0.4, 0.5) is 11.4 Å². The highest BCUT2D eigenvalue weighted by atomic mass is 35.5. The first-order valence-corrected chi connectivity index (χ1v) is 14.3. The Hall–Kier alpha value is -3.62. The van der Waals surface area contributed by atoms with Gasteiger partial charge in [-0.1, -0.05) is 54.8 Å². The number of hydrogen-bond donors (Lipinski definition) is 2. The maximum atomic E-state index is 13.4. The smallest absolute Gasteiger partial charge is 0.257 e. The predicted octanol–water partition coefficient (Wildman–Crippen LogP) is 5.64. The lowest BCUT2D eigenvalue weighted by molar-refractivity contribution is -0.125. The maximum absolute atomic E-state index is 13.4. The molecule has 1 heterocycles. The van der Waals surface area contributed by atoms with E-state index in [0.717, 1.165) is 42.6 Å². The van der Waals surface area contributed by atoms with Crippen LogP contribution in [-0.2, 0) is 10.2 Å². The molecule has 3 aromatic rings. The van der Waals surface area contributed by atoms with Crippen molar-refractivity contribution in [3.05, 3.63) is 88.9 Å². The van der Waals surface area contributed by atoms with Gasteiger partial charge < -0.3 is 25.2 Å². The van der Waals surface area contributed by atoms with Gasteiger partial charge in [0.25, 0.3) is 5.91 Å². The summed E-state index contributed by atoms with van der Waals surface area (Å²) in [5.74, 6) is 0.390. The van der Waals surface area contributed by atoms with Gasteiger partial charge in [0.2, 0.25) is 5.91 Å². The van der Waals surface area contributed by atoms with Gasteiger partial charge in [0.15, 0.2) is 5.11 Å². The van der Waals surface area contributed by atoms with Crippen LogP contribution in [0.15, 0.2) is 72.8 Å². The Labute approximate surface area is 245 Å². The molecule has 1 aliphatic carbocycles. The van der Waals surface area contributed by atoms with Gasteiger partial charge in [0, 0.05) is 42.6 Å². The van der Waals surface area contributed by atoms with Gasteiger partial charge in [-0.3, -0.25) is 9.59 Å². The summed E-state index contributed by atoms with van der Waals surface area (Å²) in [6.07, 6.45) is 3.71. The van der Waals surface area contributed by atoms with Crippen molar-refractivity contribution in [3.63, 3.8) is 0 Å². The van der Waals surface area contributed by atoms with Crippen molar-refractivity contribution in [2.75, 3.05) is 43.5 Å². The monoisotopic (exact) mass is 576 g/mol. The molecule has 2 amide bonds. The number of benzene rings is 3. The molecule has 1 aliphatic heterocycles. The fourth-order valence-corrected chi connectivity index (χ4v) is 6.09. The van der Waals surface area contributed by atoms with Crippen molar-refractivity contribution in [2.24, 2.45) is 0 Å². The third kappa shape index (κ3) is 5.93. The lowest BCUT2D eigenvalue weighted by Crippen LogP contribution is -2.48. The molecule has 1 saturated heterocycles. The van der Waals surface area contributed by atoms with E-state index in [0.29, 0.717) is 47.6 Å². The zero-order valence-electron chi connectivity index (χ0n) is 22.5. The fourth-order valence-electron chi connectivity index (χ4n) is 5.71. The Morgan fingerprint density at radius 2 is 1.60 bits per heavy atom. The van der Waals surface area contributed by atoms with Crippen LogP contribution in [0.5, 0.6) is 5.75 Å². The summed E-state index contributed by atoms with van der Waals surface area (Å²) in [6, 6.07) is 23.0. The number of carbonyl (C=O) groups is 2. The fraction of sp³-hybridized carbons (Fsp3) is 0.323. The standard InChI is InChI=1S/C31H33ClN4O3S/c1-39-27-14-9-23(32)21-26(27)28(37)36-19-17-35(18-20-36)25-12-10-24(11-13-25)33-30(40)34-29(38)31(15-5-6-16-31)22-7-3-2-4-8-22/h2-4,7-14,21H,5-6,15-20H2,1H3,(H2,33,34,38,40). The minimum absolute atomic E-state index is 0.0480. The van der Waals surface area contributed by atoms with Gasteiger partial charge in [-0.15, -0.1) is 0 Å². The van der Waals surface area contributed by atoms with E-state index in [1.54, 1.807) is 25.3 Å². The van der Waals surface area contributed by atoms with Crippen molar-refractivity contribution in [2.45, 2.75) is 31.1 Å². The van der Waals surface area contributed by atoms with Crippen LogP contribution < -0.4 is 20.3 Å². The van der Waals surface area contributed by atoms with Crippen molar-refractivity contribution in [1.82, 2.24) is 10.2 Å². The van der Waals surface area contributed by atoms with E-state index in [2.05, 4.69) is 15.5 Å². The highest BCUT2D eigenvalue weighted by molar-refractivity contribution is 7.80. The molecule has 3 aromatic carbocycles. The minimum atomic E-state index is -0.529. The molecule has 5 rings (SSSR count). The third-order valence-electron chi connectivity index (χ3n) is 7.89. The summed E-state index contributed by atoms with van der Waals surface area (Å²) in [5, 5.41) is 6.90. The van der Waals surface area contributed by atoms with E-state index in [-0.39, 0.29) is 11.8 Å². The Balaban J connectivity index is 1.15. The Morgan fingerprint density at radius 3 is 2.25 bits per heavy atom. The number of hydrogen-bond acceptors (Lipinski definition) is 5. The van der Waals surface area contributed by atoms with E-state index >= 15 is 0 Å². The third-order valence-corrected chi connectivity index (χ3v) is 8.33. The van der Waals surface area contributed by atoms with Gasteiger partial charge in [-0.25, -0.2) is 0 Å². The highest BCUT2D eigenvalue weighted by Crippen LogP contribution is 2.41. The zero-order chi connectivity index (χ0) is 28.1. The number of amides is 2. The molecular formula is C31H33ClN4O3S. The molecule has 0 atom stereocenters. The average Bonchev–Trinajstić information content (AvgIpc) is 3.49. The van der Waals surface area contributed by atoms with Crippen LogP contribution in [0, 0.1) is 0 Å². The number of thiocarbonyl (C=S) groups is 1. The topological polar surface area (TPSA) is 73.9 Å². The van der Waals surface area contributed by atoms with Crippen molar-refractivity contribution >= 4 is 52.1 Å². The zero-order valence-corrected chi connectivity index (χ0v) is 24.1. The first-order valence-electron chi connectivity index (χ1n) is 13.6. The first-order chi connectivity index (χ1) is 19.4. The first kappa shape index (κ1) is 27.9. The van der Waals surface area contributed by atoms with Crippen LogP contribution in [0.3, 0.4) is 0 Å². The van der Waals surface area contributed by atoms with E-state index < -0.39 is 5.41 Å². The summed E-state index contributed by atoms with van der Waals surface area (Å²) < 4.78 is 5.36. The summed E-state index contributed by atoms with van der Waals surface area (Å²) in [5.41, 5.74) is 2.85. The number of anilines is 2. The van der Waals surface area contributed by atoms with Gasteiger partial charge in [0.1, 0.15) is 5.75 Å². The SMILES string of the molecule is COc1ccc(Cl)cc1C(=O)N1CCN(c2ccc(NC(=S)NC(=O)C3(c4ccccc4)CCCC3)cc2)CC1. The average molecular weight is 577 g/mol. The molecule has 0 aromatic heterocycles. The number of nitrogens with one attached hydrogen (secondary N) is 2. The number of piperazine rings is 1. The molecule has 0 bridgehead atoms. The maximum Gasteiger partial charge on any atom is 0.257 e. The van der Waals surface area contributed by atoms with Gasteiger partial charge in [-0.2, -0.15) is 0 Å². The largest absolute Gasteiger partial charge is 0.496 e. The summed E-state index contributed by atoms with van der Waals surface area (Å²) >= 11 is 11.6. The number of ether oxygens (including phenoxy) is 1. The predicted molar refractivity (Wildman–Crippen MR) is 164 cm³/mol.